The molecule has 2 aromatic carbocycles. The number of benzene rings is 2. The first-order valence-electron chi connectivity index (χ1n) is 7.51. The molecule has 136 valence electrons. The van der Waals surface area contributed by atoms with Crippen molar-refractivity contribution < 1.29 is 21.9 Å². The van der Waals surface area contributed by atoms with Gasteiger partial charge in [-0.2, -0.15) is 23.1 Å². The van der Waals surface area contributed by atoms with Gasteiger partial charge >= 0.3 is 0 Å². The van der Waals surface area contributed by atoms with Crippen LogP contribution < -0.4 is 9.57 Å². The minimum Gasteiger partial charge on any atom is -0.497 e. The van der Waals surface area contributed by atoms with E-state index >= 15 is 0 Å². The van der Waals surface area contributed by atoms with Gasteiger partial charge in [-0.3, -0.25) is 0 Å². The maximum Gasteiger partial charge on any atom is 0.282 e. The molecule has 6 nitrogen and oxygen atoms in total. The summed E-state index contributed by atoms with van der Waals surface area (Å²) in [5.41, 5.74) is 0.148. The number of nitrogens with one attached hydrogen (secondary N) is 1. The summed E-state index contributed by atoms with van der Waals surface area (Å²) in [4.78, 5) is 3.05. The summed E-state index contributed by atoms with van der Waals surface area (Å²) in [6.07, 6.45) is -2.84. The second-order valence-electron chi connectivity index (χ2n) is 5.30. The van der Waals surface area contributed by atoms with Crippen molar-refractivity contribution in [3.05, 3.63) is 66.4 Å². The molecule has 0 saturated carbocycles. The van der Waals surface area contributed by atoms with Gasteiger partial charge in [0.25, 0.3) is 16.4 Å². The summed E-state index contributed by atoms with van der Waals surface area (Å²) in [7, 11) is -2.49. The molecule has 1 heterocycles. The Bertz CT molecular complexity index is 988. The Kier molecular flexibility index (Phi) is 4.90. The highest BCUT2D eigenvalue weighted by Crippen LogP contribution is 2.27. The van der Waals surface area contributed by atoms with Gasteiger partial charge in [0.1, 0.15) is 11.4 Å². The zero-order valence-electron chi connectivity index (χ0n) is 13.6. The third-order valence-corrected chi connectivity index (χ3v) is 4.90. The molecule has 0 saturated heterocycles. The second-order valence-corrected chi connectivity index (χ2v) is 6.96. The average molecular weight is 379 g/mol. The van der Waals surface area contributed by atoms with E-state index in [2.05, 4.69) is 9.93 Å². The molecular weight excluding hydrogens is 364 g/mol. The number of halogens is 2. The molecule has 0 fully saturated rings. The Morgan fingerprint density at radius 3 is 2.31 bits per heavy atom. The van der Waals surface area contributed by atoms with Crippen molar-refractivity contribution in [2.24, 2.45) is 0 Å². The van der Waals surface area contributed by atoms with Gasteiger partial charge in [-0.1, -0.05) is 18.2 Å². The molecule has 26 heavy (non-hydrogen) atoms. The van der Waals surface area contributed by atoms with E-state index in [9.17, 15) is 17.2 Å². The van der Waals surface area contributed by atoms with E-state index in [0.29, 0.717) is 11.3 Å². The first-order valence-corrected chi connectivity index (χ1v) is 8.99. The number of rotatable bonds is 6. The highest BCUT2D eigenvalue weighted by Gasteiger charge is 2.21. The molecule has 0 bridgehead atoms. The Morgan fingerprint density at radius 1 is 1.08 bits per heavy atom. The van der Waals surface area contributed by atoms with E-state index in [4.69, 9.17) is 4.74 Å². The molecule has 0 aliphatic heterocycles. The molecular formula is C17H15F2N3O3S. The van der Waals surface area contributed by atoms with Crippen LogP contribution in [-0.4, -0.2) is 25.4 Å². The van der Waals surface area contributed by atoms with E-state index in [0.717, 1.165) is 10.9 Å². The van der Waals surface area contributed by atoms with Crippen molar-refractivity contribution in [3.8, 4) is 17.0 Å². The number of aromatic nitrogens is 2. The van der Waals surface area contributed by atoms with Crippen LogP contribution in [0.5, 0.6) is 5.75 Å². The van der Waals surface area contributed by atoms with Gasteiger partial charge in [0, 0.05) is 5.56 Å². The number of sulfonamides is 1. The lowest BCUT2D eigenvalue weighted by Gasteiger charge is -2.11. The van der Waals surface area contributed by atoms with Crippen molar-refractivity contribution in [1.82, 2.24) is 9.89 Å². The van der Waals surface area contributed by atoms with Crippen molar-refractivity contribution >= 4 is 10.0 Å². The third kappa shape index (κ3) is 3.67. The van der Waals surface area contributed by atoms with Crippen molar-refractivity contribution in [2.45, 2.75) is 11.3 Å². The largest absolute Gasteiger partial charge is 0.497 e. The molecule has 0 aliphatic rings. The van der Waals surface area contributed by atoms with Gasteiger partial charge in [0.15, 0.2) is 0 Å². The van der Waals surface area contributed by atoms with Gasteiger partial charge in [0.05, 0.1) is 17.7 Å². The Labute approximate surface area is 149 Å². The number of ether oxygens (including phenoxy) is 1. The van der Waals surface area contributed by atoms with Crippen LogP contribution in [0.15, 0.2) is 65.6 Å². The van der Waals surface area contributed by atoms with Crippen LogP contribution in [0, 0.1) is 0 Å². The normalized spacial score (nSPS) is 11.5. The number of hydrogen-bond acceptors (Lipinski definition) is 4. The lowest BCUT2D eigenvalue weighted by Crippen LogP contribution is -2.25. The Morgan fingerprint density at radius 2 is 1.73 bits per heavy atom. The molecule has 0 atom stereocenters. The molecule has 1 N–H and O–H groups in total. The van der Waals surface area contributed by atoms with E-state index in [1.165, 1.54) is 19.2 Å². The zero-order valence-corrected chi connectivity index (χ0v) is 14.5. The topological polar surface area (TPSA) is 73.2 Å². The lowest BCUT2D eigenvalue weighted by atomic mass is 10.1. The highest BCUT2D eigenvalue weighted by atomic mass is 32.2. The molecule has 0 radical (unpaired) electrons. The average Bonchev–Trinajstić information content (AvgIpc) is 3.06. The monoisotopic (exact) mass is 379 g/mol. The van der Waals surface area contributed by atoms with Gasteiger partial charge in [-0.15, -0.1) is 0 Å². The van der Waals surface area contributed by atoms with E-state index in [-0.39, 0.29) is 10.6 Å². The first kappa shape index (κ1) is 17.9. The number of alkyl halides is 2. The summed E-state index contributed by atoms with van der Waals surface area (Å²) in [5.74, 6) is 0.582. The fraction of sp³-hybridized carbons (Fsp3) is 0.118. The summed E-state index contributed by atoms with van der Waals surface area (Å²) >= 11 is 0. The molecule has 0 aliphatic carbocycles. The number of nitrogens with zero attached hydrogens (tertiary/aromatic N) is 2. The van der Waals surface area contributed by atoms with Crippen molar-refractivity contribution in [3.63, 3.8) is 0 Å². The molecule has 1 aromatic heterocycles. The fourth-order valence-electron chi connectivity index (χ4n) is 2.31. The first-order chi connectivity index (χ1) is 12.4. The zero-order chi connectivity index (χ0) is 18.7. The highest BCUT2D eigenvalue weighted by molar-refractivity contribution is 7.92. The van der Waals surface area contributed by atoms with Crippen molar-refractivity contribution in [2.75, 3.05) is 11.9 Å². The minimum absolute atomic E-state index is 0.00484. The van der Waals surface area contributed by atoms with Crippen LogP contribution in [0.4, 0.5) is 8.78 Å². The van der Waals surface area contributed by atoms with Crippen LogP contribution in [0.3, 0.4) is 0 Å². The summed E-state index contributed by atoms with van der Waals surface area (Å²) in [5, 5.41) is 3.68. The van der Waals surface area contributed by atoms with Gasteiger partial charge in [-0.25, -0.2) is 8.78 Å². The van der Waals surface area contributed by atoms with E-state index in [1.807, 2.05) is 0 Å². The van der Waals surface area contributed by atoms with Crippen LogP contribution in [-0.2, 0) is 10.0 Å². The standard InChI is InChI=1S/C17H15F2N3O3S/c1-25-13-9-7-12(8-10-13)16-11-15(17(18)19)20-22(16)21-26(23,24)14-5-3-2-4-6-14/h2-11,17,21H,1H3. The molecule has 0 spiro atoms. The number of methoxy groups -OCH3 is 1. The molecule has 0 unspecified atom stereocenters. The van der Waals surface area contributed by atoms with Crippen molar-refractivity contribution in [1.29, 1.82) is 0 Å². The third-order valence-electron chi connectivity index (χ3n) is 3.60. The summed E-state index contributed by atoms with van der Waals surface area (Å²) in [6, 6.07) is 15.3. The van der Waals surface area contributed by atoms with Crippen LogP contribution >= 0.6 is 0 Å². The summed E-state index contributed by atoms with van der Waals surface area (Å²) in [6.45, 7) is 0. The van der Waals surface area contributed by atoms with Crippen LogP contribution in [0.1, 0.15) is 12.1 Å². The van der Waals surface area contributed by atoms with Gasteiger partial charge < -0.3 is 4.74 Å². The minimum atomic E-state index is -3.99. The van der Waals surface area contributed by atoms with Crippen LogP contribution in [0.2, 0.25) is 0 Å². The Balaban J connectivity index is 2.03. The van der Waals surface area contributed by atoms with E-state index in [1.54, 1.807) is 42.5 Å². The fourth-order valence-corrected chi connectivity index (χ4v) is 3.30. The van der Waals surface area contributed by atoms with Gasteiger partial charge in [-0.05, 0) is 42.5 Å². The smallest absolute Gasteiger partial charge is 0.282 e. The maximum atomic E-state index is 13.1. The molecule has 9 heteroatoms. The van der Waals surface area contributed by atoms with E-state index < -0.39 is 22.1 Å². The van der Waals surface area contributed by atoms with Crippen LogP contribution in [0.25, 0.3) is 11.3 Å². The molecule has 3 aromatic rings. The maximum absolute atomic E-state index is 13.1. The predicted octanol–water partition coefficient (Wildman–Crippen LogP) is 3.43. The molecule has 3 rings (SSSR count). The Hall–Kier alpha value is -2.94. The SMILES string of the molecule is COc1ccc(-c2cc(C(F)F)nn2NS(=O)(=O)c2ccccc2)cc1. The lowest BCUT2D eigenvalue weighted by molar-refractivity contribution is 0.145. The second kappa shape index (κ2) is 7.12. The van der Waals surface area contributed by atoms with Gasteiger partial charge in [0.2, 0.25) is 0 Å². The quantitative estimate of drug-likeness (QED) is 0.712. The molecule has 0 amide bonds. The summed E-state index contributed by atoms with van der Waals surface area (Å²) < 4.78 is 56.2. The predicted molar refractivity (Wildman–Crippen MR) is 92.2 cm³/mol. The number of hydrogen-bond donors (Lipinski definition) is 1.